The molecule has 1 aliphatic heterocycles. The average molecular weight is 359 g/mol. The first kappa shape index (κ1) is 16.4. The van der Waals surface area contributed by atoms with Gasteiger partial charge in [0.1, 0.15) is 0 Å². The lowest BCUT2D eigenvalue weighted by Gasteiger charge is -2.04. The lowest BCUT2D eigenvalue weighted by atomic mass is 10.1. The van der Waals surface area contributed by atoms with Gasteiger partial charge in [-0.2, -0.15) is 0 Å². The number of para-hydroxylation sites is 1. The maximum atomic E-state index is 12.1. The SMILES string of the molecule is Cc1cccc(C)c1N=C1NC(=O)/C(=C/c2csc([N+](=O)[O-])c2)S1. The van der Waals surface area contributed by atoms with Gasteiger partial charge in [-0.1, -0.05) is 29.5 Å². The third-order valence-corrected chi connectivity index (χ3v) is 5.20. The summed E-state index contributed by atoms with van der Waals surface area (Å²) in [7, 11) is 0. The number of nitro groups is 1. The lowest BCUT2D eigenvalue weighted by molar-refractivity contribution is -0.380. The number of carbonyl (C=O) groups is 1. The average Bonchev–Trinajstić information content (AvgIpc) is 3.11. The van der Waals surface area contributed by atoms with Crippen molar-refractivity contribution in [3.63, 3.8) is 0 Å². The van der Waals surface area contributed by atoms with Gasteiger partial charge in [0.05, 0.1) is 15.5 Å². The van der Waals surface area contributed by atoms with E-state index in [1.807, 2.05) is 32.0 Å². The van der Waals surface area contributed by atoms with Crippen molar-refractivity contribution in [2.75, 3.05) is 0 Å². The van der Waals surface area contributed by atoms with E-state index in [9.17, 15) is 14.9 Å². The number of carbonyl (C=O) groups excluding carboxylic acids is 1. The van der Waals surface area contributed by atoms with E-state index in [-0.39, 0.29) is 10.9 Å². The maximum Gasteiger partial charge on any atom is 0.324 e. The van der Waals surface area contributed by atoms with E-state index in [1.54, 1.807) is 11.5 Å². The van der Waals surface area contributed by atoms with Crippen LogP contribution in [0.1, 0.15) is 16.7 Å². The van der Waals surface area contributed by atoms with Crippen LogP contribution in [0.15, 0.2) is 39.5 Å². The van der Waals surface area contributed by atoms with Crippen LogP contribution in [0.4, 0.5) is 10.7 Å². The number of hydrogen-bond donors (Lipinski definition) is 1. The van der Waals surface area contributed by atoms with Crippen LogP contribution in [0.2, 0.25) is 0 Å². The zero-order chi connectivity index (χ0) is 17.3. The Morgan fingerprint density at radius 3 is 2.62 bits per heavy atom. The zero-order valence-electron chi connectivity index (χ0n) is 12.9. The molecule has 1 fully saturated rings. The smallest absolute Gasteiger partial charge is 0.300 e. The summed E-state index contributed by atoms with van der Waals surface area (Å²) in [4.78, 5) is 27.4. The van der Waals surface area contributed by atoms with Gasteiger partial charge >= 0.3 is 5.00 Å². The molecule has 2 aromatic rings. The van der Waals surface area contributed by atoms with E-state index in [0.717, 1.165) is 28.2 Å². The molecule has 122 valence electrons. The molecule has 1 aromatic carbocycles. The Kier molecular flexibility index (Phi) is 4.50. The van der Waals surface area contributed by atoms with Crippen LogP contribution in [-0.2, 0) is 4.79 Å². The predicted molar refractivity (Wildman–Crippen MR) is 97.7 cm³/mol. The van der Waals surface area contributed by atoms with Crippen LogP contribution in [0, 0.1) is 24.0 Å². The second kappa shape index (κ2) is 6.58. The standard InChI is InChI=1S/C16H13N3O3S2/c1-9-4-3-5-10(2)14(9)17-16-18-15(20)12(24-16)6-11-7-13(19(21)22)23-8-11/h3-8H,1-2H3,(H,17,18,20)/b12-6-. The molecule has 0 saturated carbocycles. The minimum Gasteiger partial charge on any atom is -0.300 e. The quantitative estimate of drug-likeness (QED) is 0.506. The second-order valence-electron chi connectivity index (χ2n) is 5.20. The lowest BCUT2D eigenvalue weighted by Crippen LogP contribution is -2.19. The van der Waals surface area contributed by atoms with Gasteiger partial charge in [0.2, 0.25) is 0 Å². The molecular weight excluding hydrogens is 346 g/mol. The van der Waals surface area contributed by atoms with Crippen LogP contribution >= 0.6 is 23.1 Å². The van der Waals surface area contributed by atoms with Crippen molar-refractivity contribution >= 4 is 50.9 Å². The number of aliphatic imine (C=N–C) groups is 1. The van der Waals surface area contributed by atoms with Crippen LogP contribution in [0.3, 0.4) is 0 Å². The summed E-state index contributed by atoms with van der Waals surface area (Å²) in [5, 5.41) is 15.7. The molecule has 0 aliphatic carbocycles. The highest BCUT2D eigenvalue weighted by Crippen LogP contribution is 2.32. The minimum absolute atomic E-state index is 0.0506. The zero-order valence-corrected chi connectivity index (χ0v) is 14.5. The molecule has 1 saturated heterocycles. The summed E-state index contributed by atoms with van der Waals surface area (Å²) in [6.45, 7) is 3.93. The van der Waals surface area contributed by atoms with Crippen molar-refractivity contribution in [2.45, 2.75) is 13.8 Å². The second-order valence-corrected chi connectivity index (χ2v) is 7.12. The predicted octanol–water partition coefficient (Wildman–Crippen LogP) is 4.16. The van der Waals surface area contributed by atoms with Gasteiger partial charge in [-0.25, -0.2) is 4.99 Å². The molecule has 3 rings (SSSR count). The molecule has 1 aliphatic rings. The fourth-order valence-corrected chi connectivity index (χ4v) is 3.74. The summed E-state index contributed by atoms with van der Waals surface area (Å²) in [6.07, 6.45) is 1.64. The molecule has 2 heterocycles. The molecule has 0 radical (unpaired) electrons. The highest BCUT2D eigenvalue weighted by Gasteiger charge is 2.24. The van der Waals surface area contributed by atoms with Gasteiger partial charge in [-0.05, 0) is 48.4 Å². The molecule has 0 unspecified atom stereocenters. The molecule has 24 heavy (non-hydrogen) atoms. The largest absolute Gasteiger partial charge is 0.324 e. The Morgan fingerprint density at radius 1 is 1.29 bits per heavy atom. The normalized spacial score (nSPS) is 17.5. The molecule has 1 N–H and O–H groups in total. The number of aryl methyl sites for hydroxylation is 2. The Bertz CT molecular complexity index is 879. The molecule has 1 amide bonds. The molecule has 6 nitrogen and oxygen atoms in total. The fraction of sp³-hybridized carbons (Fsp3) is 0.125. The Hall–Kier alpha value is -2.45. The number of thioether (sulfide) groups is 1. The summed E-state index contributed by atoms with van der Waals surface area (Å²) in [5.74, 6) is -0.251. The Balaban J connectivity index is 1.86. The van der Waals surface area contributed by atoms with Crippen molar-refractivity contribution in [1.29, 1.82) is 0 Å². The number of amidine groups is 1. The van der Waals surface area contributed by atoms with E-state index in [4.69, 9.17) is 0 Å². The highest BCUT2D eigenvalue weighted by molar-refractivity contribution is 8.18. The van der Waals surface area contributed by atoms with Crippen LogP contribution in [-0.4, -0.2) is 16.0 Å². The van der Waals surface area contributed by atoms with Crippen molar-refractivity contribution in [3.05, 3.63) is 61.4 Å². The monoisotopic (exact) mass is 359 g/mol. The summed E-state index contributed by atoms with van der Waals surface area (Å²) >= 11 is 2.26. The Labute approximate surface area is 146 Å². The molecule has 0 bridgehead atoms. The van der Waals surface area contributed by atoms with Crippen molar-refractivity contribution in [1.82, 2.24) is 5.32 Å². The fourth-order valence-electron chi connectivity index (χ4n) is 2.23. The van der Waals surface area contributed by atoms with Gasteiger partial charge in [0.25, 0.3) is 5.91 Å². The number of amides is 1. The number of nitrogens with zero attached hydrogens (tertiary/aromatic N) is 2. The first-order chi connectivity index (χ1) is 11.4. The van der Waals surface area contributed by atoms with Gasteiger partial charge in [-0.3, -0.25) is 14.9 Å². The Morgan fingerprint density at radius 2 is 2.00 bits per heavy atom. The first-order valence-corrected chi connectivity index (χ1v) is 8.72. The minimum atomic E-state index is -0.442. The van der Waals surface area contributed by atoms with Gasteiger partial charge in [0, 0.05) is 11.4 Å². The van der Waals surface area contributed by atoms with Gasteiger partial charge < -0.3 is 5.32 Å². The van der Waals surface area contributed by atoms with E-state index in [0.29, 0.717) is 15.6 Å². The summed E-state index contributed by atoms with van der Waals surface area (Å²) < 4.78 is 0. The number of hydrogen-bond acceptors (Lipinski definition) is 6. The van der Waals surface area contributed by atoms with Gasteiger partial charge in [0.15, 0.2) is 5.17 Å². The molecule has 0 atom stereocenters. The molecule has 8 heteroatoms. The summed E-state index contributed by atoms with van der Waals surface area (Å²) in [5.41, 5.74) is 3.54. The third kappa shape index (κ3) is 3.39. The van der Waals surface area contributed by atoms with Crippen molar-refractivity contribution in [3.8, 4) is 0 Å². The van der Waals surface area contributed by atoms with E-state index >= 15 is 0 Å². The number of nitrogens with one attached hydrogen (secondary N) is 1. The van der Waals surface area contributed by atoms with Crippen LogP contribution in [0.25, 0.3) is 6.08 Å². The van der Waals surface area contributed by atoms with Crippen molar-refractivity contribution < 1.29 is 9.72 Å². The van der Waals surface area contributed by atoms with Crippen molar-refractivity contribution in [2.24, 2.45) is 4.99 Å². The maximum absolute atomic E-state index is 12.1. The molecule has 0 spiro atoms. The summed E-state index contributed by atoms with van der Waals surface area (Å²) in [6, 6.07) is 7.35. The number of thiophene rings is 1. The highest BCUT2D eigenvalue weighted by atomic mass is 32.2. The third-order valence-electron chi connectivity index (χ3n) is 3.39. The van der Waals surface area contributed by atoms with E-state index in [1.165, 1.54) is 17.8 Å². The first-order valence-electron chi connectivity index (χ1n) is 7.03. The number of benzene rings is 1. The van der Waals surface area contributed by atoms with E-state index < -0.39 is 4.92 Å². The van der Waals surface area contributed by atoms with E-state index in [2.05, 4.69) is 10.3 Å². The molecule has 1 aromatic heterocycles. The van der Waals surface area contributed by atoms with Crippen LogP contribution < -0.4 is 5.32 Å². The molecular formula is C16H13N3O3S2. The number of rotatable bonds is 3. The van der Waals surface area contributed by atoms with Gasteiger partial charge in [-0.15, -0.1) is 0 Å². The topological polar surface area (TPSA) is 84.6 Å². The van der Waals surface area contributed by atoms with Crippen LogP contribution in [0.5, 0.6) is 0 Å².